The Morgan fingerprint density at radius 3 is 2.50 bits per heavy atom. The molecule has 1 heterocycles. The summed E-state index contributed by atoms with van der Waals surface area (Å²) in [7, 11) is -3.55. The Hall–Kier alpha value is -0.630. The van der Waals surface area contributed by atoms with E-state index in [1.54, 1.807) is 18.2 Å². The number of alkyl halides is 1. The largest absolute Gasteiger partial charge is 0.324 e. The molecule has 1 atom stereocenters. The maximum atomic E-state index is 12.1. The van der Waals surface area contributed by atoms with E-state index in [0.29, 0.717) is 5.69 Å². The van der Waals surface area contributed by atoms with Gasteiger partial charge in [0.2, 0.25) is 5.91 Å². The molecule has 0 saturated heterocycles. The number of hydrogen-bond donors (Lipinski definition) is 1. The molecule has 1 unspecified atom stereocenters. The van der Waals surface area contributed by atoms with Crippen molar-refractivity contribution in [1.82, 2.24) is 0 Å². The molecule has 0 fully saturated rings. The summed E-state index contributed by atoms with van der Waals surface area (Å²) in [6.45, 7) is 5.46. The molecule has 1 amide bonds. The quantitative estimate of drug-likeness (QED) is 0.603. The van der Waals surface area contributed by atoms with Crippen molar-refractivity contribution in [2.75, 3.05) is 5.32 Å². The molecule has 98 valence electrons. The molecular weight excluding hydrogens is 365 g/mol. The van der Waals surface area contributed by atoms with Crippen molar-refractivity contribution in [3.05, 3.63) is 23.8 Å². The summed E-state index contributed by atoms with van der Waals surface area (Å²) >= 11 is 2.27. The summed E-state index contributed by atoms with van der Waals surface area (Å²) in [6, 6.07) is 5.12. The average Bonchev–Trinajstić information content (AvgIpc) is 2.24. The SMILES string of the molecule is CC1C(=O)Nc2cc(C(C)(C)I)ccc2S1(=O)=O. The fourth-order valence-corrected chi connectivity index (χ4v) is 3.54. The van der Waals surface area contributed by atoms with Gasteiger partial charge in [0.05, 0.1) is 10.6 Å². The Balaban J connectivity index is 2.64. The van der Waals surface area contributed by atoms with Crippen molar-refractivity contribution in [1.29, 1.82) is 0 Å². The Bertz CT molecular complexity index is 617. The highest BCUT2D eigenvalue weighted by Crippen LogP contribution is 2.37. The summed E-state index contributed by atoms with van der Waals surface area (Å²) in [6.07, 6.45) is 0. The van der Waals surface area contributed by atoms with Crippen LogP contribution in [0, 0.1) is 0 Å². The minimum Gasteiger partial charge on any atom is -0.324 e. The molecule has 1 aliphatic rings. The van der Waals surface area contributed by atoms with Gasteiger partial charge in [-0.1, -0.05) is 28.7 Å². The van der Waals surface area contributed by atoms with Crippen LogP contribution in [0.3, 0.4) is 0 Å². The number of fused-ring (bicyclic) bond motifs is 1. The molecule has 0 aliphatic carbocycles. The highest BCUT2D eigenvalue weighted by atomic mass is 127. The van der Waals surface area contributed by atoms with Gasteiger partial charge >= 0.3 is 0 Å². The predicted octanol–water partition coefficient (Wildman–Crippen LogP) is 2.47. The van der Waals surface area contributed by atoms with Gasteiger partial charge in [-0.2, -0.15) is 0 Å². The molecule has 1 aliphatic heterocycles. The number of benzene rings is 1. The van der Waals surface area contributed by atoms with Crippen LogP contribution < -0.4 is 5.32 Å². The minimum absolute atomic E-state index is 0.121. The first-order chi connectivity index (χ1) is 8.14. The number of hydrogen-bond acceptors (Lipinski definition) is 3. The minimum atomic E-state index is -3.55. The molecule has 2 rings (SSSR count). The van der Waals surface area contributed by atoms with Crippen molar-refractivity contribution in [2.24, 2.45) is 0 Å². The number of amides is 1. The number of nitrogens with one attached hydrogen (secondary N) is 1. The van der Waals surface area contributed by atoms with Crippen LogP contribution in [-0.4, -0.2) is 19.6 Å². The lowest BCUT2D eigenvalue weighted by Gasteiger charge is -2.25. The highest BCUT2D eigenvalue weighted by Gasteiger charge is 2.37. The molecule has 18 heavy (non-hydrogen) atoms. The maximum absolute atomic E-state index is 12.1. The van der Waals surface area contributed by atoms with Gasteiger partial charge in [0.25, 0.3) is 0 Å². The van der Waals surface area contributed by atoms with Gasteiger partial charge in [0.15, 0.2) is 9.84 Å². The second-order valence-electron chi connectivity index (χ2n) is 4.86. The number of anilines is 1. The zero-order valence-corrected chi connectivity index (χ0v) is 13.3. The lowest BCUT2D eigenvalue weighted by molar-refractivity contribution is -0.115. The average molecular weight is 379 g/mol. The molecule has 1 N–H and O–H groups in total. The van der Waals surface area contributed by atoms with E-state index in [1.165, 1.54) is 6.92 Å². The monoisotopic (exact) mass is 379 g/mol. The lowest BCUT2D eigenvalue weighted by atomic mass is 10.0. The summed E-state index contributed by atoms with van der Waals surface area (Å²) in [5.41, 5.74) is 1.37. The van der Waals surface area contributed by atoms with Crippen LogP contribution in [-0.2, 0) is 18.1 Å². The van der Waals surface area contributed by atoms with Gasteiger partial charge in [-0.05, 0) is 38.5 Å². The Morgan fingerprint density at radius 2 is 1.94 bits per heavy atom. The molecule has 6 heteroatoms. The van der Waals surface area contributed by atoms with E-state index in [1.807, 2.05) is 13.8 Å². The normalized spacial score (nSPS) is 22.2. The van der Waals surface area contributed by atoms with E-state index in [0.717, 1.165) is 5.56 Å². The molecule has 0 aromatic heterocycles. The number of carbonyl (C=O) groups is 1. The molecule has 1 aromatic carbocycles. The molecule has 0 spiro atoms. The zero-order valence-electron chi connectivity index (χ0n) is 10.3. The standard InChI is InChI=1S/C12H14INO3S/c1-7-11(15)14-9-6-8(12(2,3)13)4-5-10(9)18(7,16)17/h4-7H,1-3H3,(H,14,15). The van der Waals surface area contributed by atoms with E-state index in [2.05, 4.69) is 27.9 Å². The van der Waals surface area contributed by atoms with E-state index >= 15 is 0 Å². The third-order valence-corrected chi connectivity index (χ3v) is 5.80. The van der Waals surface area contributed by atoms with Crippen LogP contribution in [0.25, 0.3) is 0 Å². The van der Waals surface area contributed by atoms with Crippen LogP contribution in [0.5, 0.6) is 0 Å². The maximum Gasteiger partial charge on any atom is 0.242 e. The van der Waals surface area contributed by atoms with Crippen molar-refractivity contribution in [2.45, 2.75) is 34.3 Å². The van der Waals surface area contributed by atoms with Crippen LogP contribution in [0.1, 0.15) is 26.3 Å². The van der Waals surface area contributed by atoms with Gasteiger partial charge in [-0.25, -0.2) is 8.42 Å². The summed E-state index contributed by atoms with van der Waals surface area (Å²) < 4.78 is 24.1. The first-order valence-corrected chi connectivity index (χ1v) is 8.15. The van der Waals surface area contributed by atoms with Gasteiger partial charge in [0, 0.05) is 3.42 Å². The molecular formula is C12H14INO3S. The second kappa shape index (κ2) is 4.19. The van der Waals surface area contributed by atoms with Crippen LogP contribution >= 0.6 is 22.6 Å². The molecule has 4 nitrogen and oxygen atoms in total. The van der Waals surface area contributed by atoms with Crippen LogP contribution in [0.15, 0.2) is 23.1 Å². The third-order valence-electron chi connectivity index (χ3n) is 3.07. The van der Waals surface area contributed by atoms with Crippen LogP contribution in [0.4, 0.5) is 5.69 Å². The van der Waals surface area contributed by atoms with Gasteiger partial charge in [-0.15, -0.1) is 0 Å². The number of carbonyl (C=O) groups excluding carboxylic acids is 1. The van der Waals surface area contributed by atoms with Crippen molar-refractivity contribution >= 4 is 44.0 Å². The van der Waals surface area contributed by atoms with Crippen molar-refractivity contribution in [3.63, 3.8) is 0 Å². The van der Waals surface area contributed by atoms with E-state index in [9.17, 15) is 13.2 Å². The van der Waals surface area contributed by atoms with Crippen LogP contribution in [0.2, 0.25) is 0 Å². The van der Waals surface area contributed by atoms with Gasteiger partial charge in [-0.3, -0.25) is 4.79 Å². The number of halogens is 1. The first-order valence-electron chi connectivity index (χ1n) is 5.52. The Labute approximate surface area is 120 Å². The molecule has 1 aromatic rings. The van der Waals surface area contributed by atoms with Crippen molar-refractivity contribution < 1.29 is 13.2 Å². The smallest absolute Gasteiger partial charge is 0.242 e. The van der Waals surface area contributed by atoms with Gasteiger partial charge in [0.1, 0.15) is 5.25 Å². The van der Waals surface area contributed by atoms with Crippen molar-refractivity contribution in [3.8, 4) is 0 Å². The third kappa shape index (κ3) is 2.16. The van der Waals surface area contributed by atoms with E-state index in [-0.39, 0.29) is 8.32 Å². The molecule has 0 bridgehead atoms. The lowest BCUT2D eigenvalue weighted by Crippen LogP contribution is -2.37. The topological polar surface area (TPSA) is 63.2 Å². The second-order valence-corrected chi connectivity index (χ2v) is 9.79. The number of sulfone groups is 1. The first kappa shape index (κ1) is 13.8. The van der Waals surface area contributed by atoms with E-state index < -0.39 is 21.0 Å². The Morgan fingerprint density at radius 1 is 1.33 bits per heavy atom. The Kier molecular flexibility index (Phi) is 3.21. The van der Waals surface area contributed by atoms with E-state index in [4.69, 9.17) is 0 Å². The predicted molar refractivity (Wildman–Crippen MR) is 78.8 cm³/mol. The fraction of sp³-hybridized carbons (Fsp3) is 0.417. The summed E-state index contributed by atoms with van der Waals surface area (Å²) in [5.74, 6) is -0.467. The summed E-state index contributed by atoms with van der Waals surface area (Å²) in [4.78, 5) is 11.8. The molecule has 0 radical (unpaired) electrons. The molecule has 0 saturated carbocycles. The zero-order chi connectivity index (χ0) is 13.7. The van der Waals surface area contributed by atoms with Gasteiger partial charge < -0.3 is 5.32 Å². The summed E-state index contributed by atoms with van der Waals surface area (Å²) in [5, 5.41) is 1.63. The highest BCUT2D eigenvalue weighted by molar-refractivity contribution is 14.1. The number of rotatable bonds is 1. The fourth-order valence-electron chi connectivity index (χ4n) is 1.81.